The van der Waals surface area contributed by atoms with Crippen LogP contribution in [0.4, 0.5) is 0 Å². The number of hydrogen-bond acceptors (Lipinski definition) is 2. The fourth-order valence-electron chi connectivity index (χ4n) is 2.78. The molecule has 1 saturated carbocycles. The van der Waals surface area contributed by atoms with Gasteiger partial charge >= 0.3 is 0 Å². The van der Waals surface area contributed by atoms with E-state index >= 15 is 0 Å². The summed E-state index contributed by atoms with van der Waals surface area (Å²) in [5.74, 6) is 2.85. The van der Waals surface area contributed by atoms with Gasteiger partial charge in [0.15, 0.2) is 0 Å². The predicted octanol–water partition coefficient (Wildman–Crippen LogP) is 3.20. The molecule has 0 bridgehead atoms. The number of hydrogen-bond donors (Lipinski definition) is 2. The summed E-state index contributed by atoms with van der Waals surface area (Å²) in [7, 11) is 0. The lowest BCUT2D eigenvalue weighted by Crippen LogP contribution is -2.14. The van der Waals surface area contributed by atoms with Crippen LogP contribution in [0.1, 0.15) is 63.4 Å². The molecule has 2 rings (SSSR count). The Morgan fingerprint density at radius 1 is 1.29 bits per heavy atom. The number of imidazole rings is 1. The van der Waals surface area contributed by atoms with Crippen LogP contribution < -0.4 is 5.32 Å². The first-order chi connectivity index (χ1) is 8.33. The van der Waals surface area contributed by atoms with Gasteiger partial charge < -0.3 is 10.3 Å². The topological polar surface area (TPSA) is 40.7 Å². The Labute approximate surface area is 104 Å². The van der Waals surface area contributed by atoms with E-state index in [0.29, 0.717) is 5.92 Å². The van der Waals surface area contributed by atoms with Crippen LogP contribution in [0.5, 0.6) is 0 Å². The van der Waals surface area contributed by atoms with Crippen molar-refractivity contribution in [1.29, 1.82) is 0 Å². The molecule has 0 unspecified atom stereocenters. The maximum absolute atomic E-state index is 4.55. The monoisotopic (exact) mass is 235 g/mol. The number of nitrogens with zero attached hydrogens (tertiary/aromatic N) is 1. The van der Waals surface area contributed by atoms with Crippen LogP contribution in [0, 0.1) is 5.92 Å². The van der Waals surface area contributed by atoms with Gasteiger partial charge in [-0.1, -0.05) is 20.3 Å². The minimum atomic E-state index is 0.674. The fourth-order valence-corrected chi connectivity index (χ4v) is 2.78. The third-order valence-electron chi connectivity index (χ3n) is 4.02. The largest absolute Gasteiger partial charge is 0.345 e. The Balaban J connectivity index is 1.87. The zero-order valence-corrected chi connectivity index (χ0v) is 11.1. The molecule has 0 atom stereocenters. The minimum Gasteiger partial charge on any atom is -0.345 e. The molecule has 1 aromatic heterocycles. The van der Waals surface area contributed by atoms with Crippen LogP contribution in [0.15, 0.2) is 6.20 Å². The molecule has 1 fully saturated rings. The molecule has 1 aliphatic carbocycles. The third kappa shape index (κ3) is 3.32. The van der Waals surface area contributed by atoms with Crippen molar-refractivity contribution >= 4 is 0 Å². The fraction of sp³-hybridized carbons (Fsp3) is 0.786. The molecule has 2 N–H and O–H groups in total. The molecule has 3 heteroatoms. The molecule has 1 aliphatic rings. The summed E-state index contributed by atoms with van der Waals surface area (Å²) in [6.07, 6.45) is 8.72. The van der Waals surface area contributed by atoms with Crippen molar-refractivity contribution in [3.8, 4) is 0 Å². The highest BCUT2D eigenvalue weighted by Gasteiger charge is 2.23. The molecule has 0 spiro atoms. The second-order valence-electron chi connectivity index (χ2n) is 5.20. The van der Waals surface area contributed by atoms with Gasteiger partial charge in [0.2, 0.25) is 0 Å². The Bertz CT molecular complexity index is 324. The molecular weight excluding hydrogens is 210 g/mol. The third-order valence-corrected chi connectivity index (χ3v) is 4.02. The lowest BCUT2D eigenvalue weighted by molar-refractivity contribution is 0.313. The highest BCUT2D eigenvalue weighted by Crippen LogP contribution is 2.35. The van der Waals surface area contributed by atoms with E-state index < -0.39 is 0 Å². The molecule has 96 valence electrons. The highest BCUT2D eigenvalue weighted by atomic mass is 15.0. The molecule has 0 saturated heterocycles. The summed E-state index contributed by atoms with van der Waals surface area (Å²) in [6, 6.07) is 0. The lowest BCUT2D eigenvalue weighted by atomic mass is 9.80. The van der Waals surface area contributed by atoms with Crippen LogP contribution >= 0.6 is 0 Å². The van der Waals surface area contributed by atoms with Gasteiger partial charge in [0, 0.05) is 24.4 Å². The summed E-state index contributed by atoms with van der Waals surface area (Å²) in [6.45, 7) is 6.36. The van der Waals surface area contributed by atoms with Crippen molar-refractivity contribution in [3.63, 3.8) is 0 Å². The van der Waals surface area contributed by atoms with Crippen LogP contribution in [0.25, 0.3) is 0 Å². The van der Waals surface area contributed by atoms with Crippen LogP contribution in [0.3, 0.4) is 0 Å². The summed E-state index contributed by atoms with van der Waals surface area (Å²) < 4.78 is 0. The van der Waals surface area contributed by atoms with Gasteiger partial charge in [-0.05, 0) is 38.1 Å². The van der Waals surface area contributed by atoms with Gasteiger partial charge in [-0.3, -0.25) is 0 Å². The van der Waals surface area contributed by atoms with E-state index in [1.54, 1.807) is 0 Å². The first-order valence-corrected chi connectivity index (χ1v) is 7.08. The average molecular weight is 235 g/mol. The number of aromatic nitrogens is 2. The van der Waals surface area contributed by atoms with Gasteiger partial charge in [0.25, 0.3) is 0 Å². The quantitative estimate of drug-likeness (QED) is 0.823. The Morgan fingerprint density at radius 2 is 2.06 bits per heavy atom. The van der Waals surface area contributed by atoms with Gasteiger partial charge in [-0.2, -0.15) is 0 Å². The van der Waals surface area contributed by atoms with Gasteiger partial charge in [0.1, 0.15) is 5.82 Å². The van der Waals surface area contributed by atoms with E-state index in [9.17, 15) is 0 Å². The zero-order chi connectivity index (χ0) is 12.1. The smallest absolute Gasteiger partial charge is 0.109 e. The molecule has 0 radical (unpaired) electrons. The molecule has 0 aliphatic heterocycles. The SMILES string of the molecule is CCNCc1cnc(C2CCC(CC)CC2)[nH]1. The molecule has 1 heterocycles. The molecular formula is C14H25N3. The average Bonchev–Trinajstić information content (AvgIpc) is 2.85. The maximum atomic E-state index is 4.55. The van der Waals surface area contributed by atoms with E-state index in [0.717, 1.165) is 19.0 Å². The minimum absolute atomic E-state index is 0.674. The summed E-state index contributed by atoms with van der Waals surface area (Å²) in [4.78, 5) is 8.03. The van der Waals surface area contributed by atoms with Gasteiger partial charge in [-0.25, -0.2) is 4.98 Å². The predicted molar refractivity (Wildman–Crippen MR) is 71.0 cm³/mol. The first kappa shape index (κ1) is 12.6. The van der Waals surface area contributed by atoms with Crippen molar-refractivity contribution in [1.82, 2.24) is 15.3 Å². The van der Waals surface area contributed by atoms with E-state index in [4.69, 9.17) is 0 Å². The number of rotatable bonds is 5. The van der Waals surface area contributed by atoms with E-state index in [1.807, 2.05) is 6.20 Å². The molecule has 0 amide bonds. The van der Waals surface area contributed by atoms with Crippen molar-refractivity contribution in [2.75, 3.05) is 6.54 Å². The van der Waals surface area contributed by atoms with Crippen LogP contribution in [-0.2, 0) is 6.54 Å². The normalized spacial score (nSPS) is 25.1. The standard InChI is InChI=1S/C14H25N3/c1-3-11-5-7-12(8-6-11)14-16-10-13(17-14)9-15-4-2/h10-12,15H,3-9H2,1-2H3,(H,16,17). The first-order valence-electron chi connectivity index (χ1n) is 7.08. The number of nitrogens with one attached hydrogen (secondary N) is 2. The van der Waals surface area contributed by atoms with Crippen molar-refractivity contribution in [3.05, 3.63) is 17.7 Å². The molecule has 0 aromatic carbocycles. The van der Waals surface area contributed by atoms with Gasteiger partial charge in [0.05, 0.1) is 0 Å². The van der Waals surface area contributed by atoms with Crippen LogP contribution in [-0.4, -0.2) is 16.5 Å². The molecule has 3 nitrogen and oxygen atoms in total. The Morgan fingerprint density at radius 3 is 2.71 bits per heavy atom. The van der Waals surface area contributed by atoms with E-state index in [1.165, 1.54) is 43.6 Å². The zero-order valence-electron chi connectivity index (χ0n) is 11.1. The van der Waals surface area contributed by atoms with E-state index in [-0.39, 0.29) is 0 Å². The van der Waals surface area contributed by atoms with Crippen LogP contribution in [0.2, 0.25) is 0 Å². The van der Waals surface area contributed by atoms with Crippen molar-refractivity contribution in [2.45, 2.75) is 58.4 Å². The maximum Gasteiger partial charge on any atom is 0.109 e. The Hall–Kier alpha value is -0.830. The van der Waals surface area contributed by atoms with Gasteiger partial charge in [-0.15, -0.1) is 0 Å². The molecule has 1 aromatic rings. The summed E-state index contributed by atoms with van der Waals surface area (Å²) in [5.41, 5.74) is 1.22. The summed E-state index contributed by atoms with van der Waals surface area (Å²) >= 11 is 0. The van der Waals surface area contributed by atoms with Crippen molar-refractivity contribution in [2.24, 2.45) is 5.92 Å². The molecule has 17 heavy (non-hydrogen) atoms. The second-order valence-corrected chi connectivity index (χ2v) is 5.20. The lowest BCUT2D eigenvalue weighted by Gasteiger charge is -2.26. The highest BCUT2D eigenvalue weighted by molar-refractivity contribution is 5.06. The number of aromatic amines is 1. The summed E-state index contributed by atoms with van der Waals surface area (Å²) in [5, 5.41) is 3.33. The Kier molecular flexibility index (Phi) is 4.60. The second kappa shape index (κ2) is 6.20. The number of H-pyrrole nitrogens is 1. The van der Waals surface area contributed by atoms with Crippen molar-refractivity contribution < 1.29 is 0 Å². The van der Waals surface area contributed by atoms with E-state index in [2.05, 4.69) is 29.1 Å².